The first-order valence-corrected chi connectivity index (χ1v) is 8.57. The van der Waals surface area contributed by atoms with Crippen LogP contribution in [-0.2, 0) is 4.79 Å². The van der Waals surface area contributed by atoms with Crippen LogP contribution < -0.4 is 14.8 Å². The minimum absolute atomic E-state index is 0.0968. The Bertz CT molecular complexity index is 810. The zero-order chi connectivity index (χ0) is 18.5. The molecule has 2 aromatic carbocycles. The Balaban J connectivity index is 1.66. The number of halogens is 1. The average Bonchev–Trinajstić information content (AvgIpc) is 2.83. The number of hydrogen-bond donors (Lipinski definition) is 1. The summed E-state index contributed by atoms with van der Waals surface area (Å²) in [5.41, 5.74) is -0.104. The number of ether oxygens (including phenoxy) is 2. The normalized spacial score (nSPS) is 17.1. The van der Waals surface area contributed by atoms with E-state index in [1.165, 1.54) is 18.2 Å². The largest absolute Gasteiger partial charge is 0.481 e. The average molecular weight is 377 g/mol. The molecule has 2 aromatic rings. The van der Waals surface area contributed by atoms with Crippen LogP contribution in [0.2, 0.25) is 5.02 Å². The lowest BCUT2D eigenvalue weighted by molar-refractivity contribution is -0.384. The van der Waals surface area contributed by atoms with Crippen molar-refractivity contribution in [2.24, 2.45) is 0 Å². The Hall–Kier alpha value is -2.80. The lowest BCUT2D eigenvalue weighted by Crippen LogP contribution is -2.36. The number of benzene rings is 2. The van der Waals surface area contributed by atoms with Crippen LogP contribution in [0.1, 0.15) is 19.3 Å². The Kier molecular flexibility index (Phi) is 5.58. The van der Waals surface area contributed by atoms with E-state index in [1.54, 1.807) is 24.3 Å². The summed E-state index contributed by atoms with van der Waals surface area (Å²) in [5, 5.41) is 13.7. The van der Waals surface area contributed by atoms with E-state index in [4.69, 9.17) is 21.1 Å². The highest BCUT2D eigenvalue weighted by atomic mass is 35.5. The summed E-state index contributed by atoms with van der Waals surface area (Å²) in [7, 11) is 0. The fraction of sp³-hybridized carbons (Fsp3) is 0.278. The summed E-state index contributed by atoms with van der Waals surface area (Å²) in [5.74, 6) is 1.28. The fourth-order valence-corrected chi connectivity index (χ4v) is 2.80. The minimum Gasteiger partial charge on any atom is -0.481 e. The van der Waals surface area contributed by atoms with Gasteiger partial charge in [0, 0.05) is 18.7 Å². The Morgan fingerprint density at radius 1 is 1.12 bits per heavy atom. The quantitative estimate of drug-likeness (QED) is 0.627. The van der Waals surface area contributed by atoms with Gasteiger partial charge in [-0.3, -0.25) is 14.9 Å². The van der Waals surface area contributed by atoms with Crippen LogP contribution in [0.5, 0.6) is 17.2 Å². The number of rotatable bonds is 5. The van der Waals surface area contributed by atoms with Gasteiger partial charge in [0.15, 0.2) is 6.10 Å². The maximum absolute atomic E-state index is 11.9. The molecule has 1 aliphatic rings. The van der Waals surface area contributed by atoms with Crippen LogP contribution in [-0.4, -0.2) is 23.5 Å². The van der Waals surface area contributed by atoms with Crippen LogP contribution in [0.15, 0.2) is 42.5 Å². The number of nitro groups is 1. The molecule has 1 amide bonds. The van der Waals surface area contributed by atoms with Gasteiger partial charge in [-0.25, -0.2) is 0 Å². The third-order valence-corrected chi connectivity index (χ3v) is 4.24. The Morgan fingerprint density at radius 2 is 1.85 bits per heavy atom. The molecule has 1 unspecified atom stereocenters. The molecule has 0 spiro atoms. The summed E-state index contributed by atoms with van der Waals surface area (Å²) in [6.45, 7) is 0.682. The third-order valence-electron chi connectivity index (χ3n) is 3.94. The highest BCUT2D eigenvalue weighted by Crippen LogP contribution is 2.33. The summed E-state index contributed by atoms with van der Waals surface area (Å²) in [4.78, 5) is 22.1. The molecule has 0 bridgehead atoms. The van der Waals surface area contributed by atoms with Crippen molar-refractivity contribution >= 4 is 23.2 Å². The fourth-order valence-electron chi connectivity index (χ4n) is 2.59. The van der Waals surface area contributed by atoms with Gasteiger partial charge in [0.1, 0.15) is 17.2 Å². The topological polar surface area (TPSA) is 90.7 Å². The summed E-state index contributed by atoms with van der Waals surface area (Å²) in [6.07, 6.45) is 2.08. The van der Waals surface area contributed by atoms with Crippen LogP contribution in [0.25, 0.3) is 0 Å². The van der Waals surface area contributed by atoms with Crippen LogP contribution in [0, 0.1) is 10.1 Å². The minimum atomic E-state index is -0.522. The predicted octanol–water partition coefficient (Wildman–Crippen LogP) is 4.09. The predicted molar refractivity (Wildman–Crippen MR) is 95.9 cm³/mol. The highest BCUT2D eigenvalue weighted by Gasteiger charge is 2.22. The first-order valence-electron chi connectivity index (χ1n) is 8.19. The molecule has 0 radical (unpaired) electrons. The van der Waals surface area contributed by atoms with Gasteiger partial charge in [-0.05, 0) is 49.6 Å². The van der Waals surface area contributed by atoms with Gasteiger partial charge < -0.3 is 14.8 Å². The van der Waals surface area contributed by atoms with E-state index in [1.807, 2.05) is 0 Å². The molecule has 1 atom stereocenters. The molecule has 136 valence electrons. The molecule has 0 aromatic heterocycles. The molecule has 1 N–H and O–H groups in total. The van der Waals surface area contributed by atoms with Crippen molar-refractivity contribution in [1.82, 2.24) is 5.32 Å². The molecular weight excluding hydrogens is 360 g/mol. The molecule has 8 heteroatoms. The molecule has 26 heavy (non-hydrogen) atoms. The first kappa shape index (κ1) is 18.0. The van der Waals surface area contributed by atoms with E-state index in [0.717, 1.165) is 12.8 Å². The number of nitrogens with zero attached hydrogens (tertiary/aromatic N) is 1. The standard InChI is InChI=1S/C18H17ClN2O5/c19-15-11-12(21(23)24)4-9-16(15)25-13-5-7-14(8-6-13)26-17-3-1-2-10-20-18(17)22/h4-9,11,17H,1-3,10H2,(H,20,22). The zero-order valence-electron chi connectivity index (χ0n) is 13.8. The van der Waals surface area contributed by atoms with Gasteiger partial charge >= 0.3 is 0 Å². The van der Waals surface area contributed by atoms with E-state index in [-0.39, 0.29) is 16.6 Å². The van der Waals surface area contributed by atoms with Crippen molar-refractivity contribution in [2.75, 3.05) is 6.54 Å². The van der Waals surface area contributed by atoms with E-state index in [0.29, 0.717) is 30.2 Å². The van der Waals surface area contributed by atoms with Crippen molar-refractivity contribution in [3.05, 3.63) is 57.6 Å². The lowest BCUT2D eigenvalue weighted by Gasteiger charge is -2.16. The SMILES string of the molecule is O=C1NCCCCC1Oc1ccc(Oc2ccc([N+](=O)[O-])cc2Cl)cc1. The maximum Gasteiger partial charge on any atom is 0.271 e. The Morgan fingerprint density at radius 3 is 2.54 bits per heavy atom. The number of non-ortho nitro benzene ring substituents is 1. The summed E-state index contributed by atoms with van der Waals surface area (Å²) < 4.78 is 11.4. The molecule has 3 rings (SSSR count). The second kappa shape index (κ2) is 8.05. The highest BCUT2D eigenvalue weighted by molar-refractivity contribution is 6.32. The molecule has 1 aliphatic heterocycles. The number of nitro benzene ring substituents is 1. The van der Waals surface area contributed by atoms with E-state index >= 15 is 0 Å². The van der Waals surface area contributed by atoms with Crippen LogP contribution in [0.4, 0.5) is 5.69 Å². The molecule has 0 saturated carbocycles. The number of carbonyl (C=O) groups is 1. The number of nitrogens with one attached hydrogen (secondary N) is 1. The van der Waals surface area contributed by atoms with Gasteiger partial charge in [-0.15, -0.1) is 0 Å². The third kappa shape index (κ3) is 4.43. The van der Waals surface area contributed by atoms with Gasteiger partial charge in [-0.1, -0.05) is 11.6 Å². The molecule has 0 aliphatic carbocycles. The van der Waals surface area contributed by atoms with E-state index in [2.05, 4.69) is 5.32 Å². The second-order valence-electron chi connectivity index (χ2n) is 5.84. The summed E-state index contributed by atoms with van der Waals surface area (Å²) in [6, 6.07) is 10.8. The molecule has 1 saturated heterocycles. The maximum atomic E-state index is 11.9. The molecule has 7 nitrogen and oxygen atoms in total. The van der Waals surface area contributed by atoms with Crippen LogP contribution in [0.3, 0.4) is 0 Å². The van der Waals surface area contributed by atoms with Gasteiger partial charge in [-0.2, -0.15) is 0 Å². The lowest BCUT2D eigenvalue weighted by atomic mass is 10.2. The van der Waals surface area contributed by atoms with Crippen LogP contribution >= 0.6 is 11.6 Å². The van der Waals surface area contributed by atoms with Gasteiger partial charge in [0.05, 0.1) is 9.95 Å². The van der Waals surface area contributed by atoms with E-state index in [9.17, 15) is 14.9 Å². The number of amides is 1. The van der Waals surface area contributed by atoms with Gasteiger partial charge in [0.25, 0.3) is 11.6 Å². The molecule has 1 fully saturated rings. The van der Waals surface area contributed by atoms with Crippen molar-refractivity contribution < 1.29 is 19.2 Å². The Labute approximate surface area is 155 Å². The van der Waals surface area contributed by atoms with E-state index < -0.39 is 11.0 Å². The smallest absolute Gasteiger partial charge is 0.271 e. The van der Waals surface area contributed by atoms with Crippen molar-refractivity contribution in [1.29, 1.82) is 0 Å². The summed E-state index contributed by atoms with van der Waals surface area (Å²) >= 11 is 6.02. The molecule has 1 heterocycles. The second-order valence-corrected chi connectivity index (χ2v) is 6.25. The monoisotopic (exact) mass is 376 g/mol. The van der Waals surface area contributed by atoms with Crippen molar-refractivity contribution in [3.8, 4) is 17.2 Å². The van der Waals surface area contributed by atoms with Crippen molar-refractivity contribution in [3.63, 3.8) is 0 Å². The van der Waals surface area contributed by atoms with Gasteiger partial charge in [0.2, 0.25) is 0 Å². The molecular formula is C18H17ClN2O5. The van der Waals surface area contributed by atoms with Crippen molar-refractivity contribution in [2.45, 2.75) is 25.4 Å². The first-order chi connectivity index (χ1) is 12.5. The number of hydrogen-bond acceptors (Lipinski definition) is 5. The number of carbonyl (C=O) groups excluding carboxylic acids is 1. The zero-order valence-corrected chi connectivity index (χ0v) is 14.6.